The van der Waals surface area contributed by atoms with Gasteiger partial charge in [0.25, 0.3) is 0 Å². The van der Waals surface area contributed by atoms with Crippen molar-refractivity contribution >= 4 is 15.8 Å². The third-order valence-electron chi connectivity index (χ3n) is 4.25. The van der Waals surface area contributed by atoms with Gasteiger partial charge in [0.2, 0.25) is 10.0 Å². The second-order valence-corrected chi connectivity index (χ2v) is 7.45. The maximum absolute atomic E-state index is 12.0. The zero-order valence-electron chi connectivity index (χ0n) is 13.2. The number of aryl methyl sites for hydroxylation is 1. The van der Waals surface area contributed by atoms with Gasteiger partial charge in [0, 0.05) is 30.4 Å². The highest BCUT2D eigenvalue weighted by Crippen LogP contribution is 2.36. The zero-order valence-corrected chi connectivity index (χ0v) is 14.0. The number of benzene rings is 1. The molecule has 1 fully saturated rings. The summed E-state index contributed by atoms with van der Waals surface area (Å²) in [6.45, 7) is 3.79. The van der Waals surface area contributed by atoms with E-state index in [0.717, 1.165) is 42.9 Å². The van der Waals surface area contributed by atoms with E-state index in [4.69, 9.17) is 5.14 Å². The van der Waals surface area contributed by atoms with Crippen LogP contribution in [-0.4, -0.2) is 26.5 Å². The van der Waals surface area contributed by atoms with Gasteiger partial charge in [-0.3, -0.25) is 0 Å². The minimum Gasteiger partial charge on any atom is -0.356 e. The van der Waals surface area contributed by atoms with Crippen LogP contribution in [0.3, 0.4) is 0 Å². The lowest BCUT2D eigenvalue weighted by Gasteiger charge is -2.30. The smallest absolute Gasteiger partial charge is 0.238 e. The Morgan fingerprint density at radius 3 is 2.52 bits per heavy atom. The average molecular weight is 331 g/mol. The van der Waals surface area contributed by atoms with E-state index in [1.807, 2.05) is 25.1 Å². The summed E-state index contributed by atoms with van der Waals surface area (Å²) in [4.78, 5) is 6.92. The molecule has 5 nitrogen and oxygen atoms in total. The first-order valence-corrected chi connectivity index (χ1v) is 9.36. The summed E-state index contributed by atoms with van der Waals surface area (Å²) in [5.74, 6) is 0.839. The molecule has 0 bridgehead atoms. The summed E-state index contributed by atoms with van der Waals surface area (Å²) in [7, 11) is -3.80. The number of nitrogens with zero attached hydrogens (tertiary/aromatic N) is 2. The van der Waals surface area contributed by atoms with Gasteiger partial charge in [-0.15, -0.1) is 0 Å². The maximum atomic E-state index is 12.0. The highest BCUT2D eigenvalue weighted by Gasteiger charge is 2.22. The van der Waals surface area contributed by atoms with Gasteiger partial charge in [-0.05, 0) is 49.9 Å². The van der Waals surface area contributed by atoms with Gasteiger partial charge >= 0.3 is 0 Å². The number of hydrogen-bond acceptors (Lipinski definition) is 4. The molecule has 0 unspecified atom stereocenters. The molecule has 0 radical (unpaired) electrons. The van der Waals surface area contributed by atoms with Crippen molar-refractivity contribution in [3.63, 3.8) is 0 Å². The molecule has 2 N–H and O–H groups in total. The fourth-order valence-electron chi connectivity index (χ4n) is 3.17. The Bertz CT molecular complexity index is 812. The third-order valence-corrected chi connectivity index (χ3v) is 5.21. The molecule has 0 amide bonds. The van der Waals surface area contributed by atoms with Crippen LogP contribution in [0.2, 0.25) is 0 Å². The maximum Gasteiger partial charge on any atom is 0.238 e. The standard InChI is InChI=1S/C17H21N3O2S/c1-13-7-5-9-15(23(18,21)22)16(13)14-8-6-10-19-17(14)20-11-3-2-4-12-20/h5-10H,2-4,11-12H2,1H3,(H2,18,21,22). The van der Waals surface area contributed by atoms with Gasteiger partial charge in [0.1, 0.15) is 5.82 Å². The quantitative estimate of drug-likeness (QED) is 0.938. The number of aromatic nitrogens is 1. The van der Waals surface area contributed by atoms with E-state index >= 15 is 0 Å². The first kappa shape index (κ1) is 16.0. The van der Waals surface area contributed by atoms with E-state index in [9.17, 15) is 8.42 Å². The number of piperidine rings is 1. The Hall–Kier alpha value is -1.92. The van der Waals surface area contributed by atoms with Crippen LogP contribution in [0.4, 0.5) is 5.82 Å². The van der Waals surface area contributed by atoms with Crippen LogP contribution >= 0.6 is 0 Å². The van der Waals surface area contributed by atoms with Crippen molar-refractivity contribution in [3.05, 3.63) is 42.1 Å². The van der Waals surface area contributed by atoms with Gasteiger partial charge in [-0.2, -0.15) is 0 Å². The van der Waals surface area contributed by atoms with Crippen LogP contribution in [0.15, 0.2) is 41.4 Å². The number of anilines is 1. The first-order valence-electron chi connectivity index (χ1n) is 7.81. The molecule has 1 aromatic heterocycles. The van der Waals surface area contributed by atoms with E-state index in [0.29, 0.717) is 5.56 Å². The summed E-state index contributed by atoms with van der Waals surface area (Å²) in [6, 6.07) is 8.94. The topological polar surface area (TPSA) is 76.3 Å². The molecule has 6 heteroatoms. The van der Waals surface area contributed by atoms with Crippen LogP contribution in [0.25, 0.3) is 11.1 Å². The number of pyridine rings is 1. The van der Waals surface area contributed by atoms with Crippen molar-refractivity contribution in [2.75, 3.05) is 18.0 Å². The summed E-state index contributed by atoms with van der Waals surface area (Å²) >= 11 is 0. The van der Waals surface area contributed by atoms with Gasteiger partial charge in [-0.1, -0.05) is 12.1 Å². The lowest BCUT2D eigenvalue weighted by atomic mass is 10.00. The molecule has 3 rings (SSSR count). The molecule has 1 aliphatic heterocycles. The van der Waals surface area contributed by atoms with Crippen molar-refractivity contribution in [2.45, 2.75) is 31.1 Å². The monoisotopic (exact) mass is 331 g/mol. The zero-order chi connectivity index (χ0) is 16.4. The molecular weight excluding hydrogens is 310 g/mol. The Balaban J connectivity index is 2.20. The first-order chi connectivity index (χ1) is 11.0. The molecule has 2 heterocycles. The molecule has 2 aromatic rings. The van der Waals surface area contributed by atoms with Crippen molar-refractivity contribution in [3.8, 4) is 11.1 Å². The number of hydrogen-bond donors (Lipinski definition) is 1. The Morgan fingerprint density at radius 2 is 1.83 bits per heavy atom. The van der Waals surface area contributed by atoms with Crippen molar-refractivity contribution in [1.82, 2.24) is 4.98 Å². The van der Waals surface area contributed by atoms with Crippen molar-refractivity contribution < 1.29 is 8.42 Å². The lowest BCUT2D eigenvalue weighted by molar-refractivity contribution is 0.574. The second kappa shape index (κ2) is 6.29. The van der Waals surface area contributed by atoms with Crippen LogP contribution in [0.5, 0.6) is 0 Å². The minimum atomic E-state index is -3.80. The van der Waals surface area contributed by atoms with E-state index in [1.165, 1.54) is 6.42 Å². The predicted octanol–water partition coefficient (Wildman–Crippen LogP) is 2.69. The second-order valence-electron chi connectivity index (χ2n) is 5.92. The molecule has 0 saturated carbocycles. The SMILES string of the molecule is Cc1cccc(S(N)(=O)=O)c1-c1cccnc1N1CCCCC1. The summed E-state index contributed by atoms with van der Waals surface area (Å²) in [5.41, 5.74) is 2.36. The average Bonchev–Trinajstić information content (AvgIpc) is 2.55. The number of rotatable bonds is 3. The molecular formula is C17H21N3O2S. The van der Waals surface area contributed by atoms with Crippen LogP contribution < -0.4 is 10.0 Å². The Kier molecular flexibility index (Phi) is 4.37. The van der Waals surface area contributed by atoms with E-state index in [-0.39, 0.29) is 4.90 Å². The number of sulfonamides is 1. The van der Waals surface area contributed by atoms with E-state index in [2.05, 4.69) is 9.88 Å². The van der Waals surface area contributed by atoms with Gasteiger partial charge in [0.15, 0.2) is 0 Å². The van der Waals surface area contributed by atoms with E-state index in [1.54, 1.807) is 18.3 Å². The number of nitrogens with two attached hydrogens (primary N) is 1. The largest absolute Gasteiger partial charge is 0.356 e. The molecule has 1 aromatic carbocycles. The molecule has 0 spiro atoms. The van der Waals surface area contributed by atoms with Gasteiger partial charge < -0.3 is 4.90 Å². The highest BCUT2D eigenvalue weighted by molar-refractivity contribution is 7.89. The van der Waals surface area contributed by atoms with Crippen LogP contribution in [0.1, 0.15) is 24.8 Å². The molecule has 1 saturated heterocycles. The summed E-state index contributed by atoms with van der Waals surface area (Å²) in [5, 5.41) is 5.43. The molecule has 0 atom stereocenters. The third kappa shape index (κ3) is 3.23. The highest BCUT2D eigenvalue weighted by atomic mass is 32.2. The van der Waals surface area contributed by atoms with Crippen molar-refractivity contribution in [1.29, 1.82) is 0 Å². The minimum absolute atomic E-state index is 0.156. The van der Waals surface area contributed by atoms with Gasteiger partial charge in [0.05, 0.1) is 4.90 Å². The predicted molar refractivity (Wildman–Crippen MR) is 91.8 cm³/mol. The van der Waals surface area contributed by atoms with Crippen LogP contribution in [0, 0.1) is 6.92 Å². The van der Waals surface area contributed by atoms with E-state index < -0.39 is 10.0 Å². The molecule has 23 heavy (non-hydrogen) atoms. The fraction of sp³-hybridized carbons (Fsp3) is 0.353. The lowest BCUT2D eigenvalue weighted by Crippen LogP contribution is -2.30. The number of primary sulfonamides is 1. The fourth-order valence-corrected chi connectivity index (χ4v) is 4.00. The summed E-state index contributed by atoms with van der Waals surface area (Å²) < 4.78 is 24.0. The van der Waals surface area contributed by atoms with Gasteiger partial charge in [-0.25, -0.2) is 18.5 Å². The normalized spacial score (nSPS) is 15.7. The Morgan fingerprint density at radius 1 is 1.09 bits per heavy atom. The molecule has 1 aliphatic rings. The molecule has 122 valence electrons. The molecule has 0 aliphatic carbocycles. The summed E-state index contributed by atoms with van der Waals surface area (Å²) in [6.07, 6.45) is 5.24. The van der Waals surface area contributed by atoms with Crippen LogP contribution in [-0.2, 0) is 10.0 Å². The van der Waals surface area contributed by atoms with Crippen molar-refractivity contribution in [2.24, 2.45) is 5.14 Å². The Labute approximate surface area is 137 Å².